The Morgan fingerprint density at radius 3 is 3.04 bits per heavy atom. The van der Waals surface area contributed by atoms with Crippen molar-refractivity contribution in [2.45, 2.75) is 5.03 Å². The molecule has 120 valence electrons. The normalized spacial score (nSPS) is 10.3. The number of amides is 1. The Balaban J connectivity index is 1.79. The molecule has 0 saturated heterocycles. The molecule has 0 aliphatic heterocycles. The molecule has 6 nitrogen and oxygen atoms in total. The largest absolute Gasteiger partial charge is 0.497 e. The number of fused-ring (bicyclic) bond motifs is 1. The Morgan fingerprint density at radius 2 is 2.33 bits per heavy atom. The molecule has 0 aliphatic carbocycles. The number of aromatic nitrogens is 2. The minimum Gasteiger partial charge on any atom is -0.497 e. The van der Waals surface area contributed by atoms with Gasteiger partial charge in [0.05, 0.1) is 23.9 Å². The number of nitriles is 1. The second kappa shape index (κ2) is 7.29. The number of hydrogen-bond donors (Lipinski definition) is 1. The van der Waals surface area contributed by atoms with Crippen molar-refractivity contribution in [1.29, 1.82) is 5.26 Å². The van der Waals surface area contributed by atoms with E-state index in [9.17, 15) is 10.1 Å². The lowest BCUT2D eigenvalue weighted by Gasteiger charge is -2.07. The summed E-state index contributed by atoms with van der Waals surface area (Å²) >= 11 is 2.57. The van der Waals surface area contributed by atoms with Crippen molar-refractivity contribution in [3.05, 3.63) is 41.4 Å². The number of carbonyl (C=O) groups is 1. The Kier molecular flexibility index (Phi) is 4.93. The molecule has 0 bridgehead atoms. The highest BCUT2D eigenvalue weighted by Gasteiger charge is 2.11. The molecule has 0 unspecified atom stereocenters. The van der Waals surface area contributed by atoms with Crippen LogP contribution in [0.2, 0.25) is 0 Å². The number of thioether (sulfide) groups is 1. The number of rotatable bonds is 5. The van der Waals surface area contributed by atoms with Gasteiger partial charge in [0, 0.05) is 23.0 Å². The van der Waals surface area contributed by atoms with Crippen molar-refractivity contribution >= 4 is 45.0 Å². The van der Waals surface area contributed by atoms with Gasteiger partial charge in [-0.25, -0.2) is 9.97 Å². The molecule has 2 aromatic heterocycles. The Hall–Kier alpha value is -2.63. The topological polar surface area (TPSA) is 87.9 Å². The van der Waals surface area contributed by atoms with Crippen LogP contribution in [0.25, 0.3) is 10.9 Å². The van der Waals surface area contributed by atoms with Gasteiger partial charge in [-0.05, 0) is 18.2 Å². The van der Waals surface area contributed by atoms with Crippen LogP contribution in [-0.4, -0.2) is 28.7 Å². The summed E-state index contributed by atoms with van der Waals surface area (Å²) in [4.78, 5) is 20.4. The average molecular weight is 356 g/mol. The van der Waals surface area contributed by atoms with Gasteiger partial charge >= 0.3 is 0 Å². The predicted molar refractivity (Wildman–Crippen MR) is 94.5 cm³/mol. The van der Waals surface area contributed by atoms with Gasteiger partial charge in [-0.15, -0.1) is 11.3 Å². The summed E-state index contributed by atoms with van der Waals surface area (Å²) in [5.74, 6) is 0.653. The first kappa shape index (κ1) is 16.2. The van der Waals surface area contributed by atoms with Gasteiger partial charge < -0.3 is 10.1 Å². The first-order chi connectivity index (χ1) is 11.7. The van der Waals surface area contributed by atoms with Crippen LogP contribution in [-0.2, 0) is 4.79 Å². The number of pyridine rings is 1. The van der Waals surface area contributed by atoms with E-state index >= 15 is 0 Å². The zero-order chi connectivity index (χ0) is 16.9. The summed E-state index contributed by atoms with van der Waals surface area (Å²) < 4.78 is 5.19. The van der Waals surface area contributed by atoms with E-state index in [-0.39, 0.29) is 11.7 Å². The monoisotopic (exact) mass is 356 g/mol. The van der Waals surface area contributed by atoms with Gasteiger partial charge in [0.1, 0.15) is 16.8 Å². The molecule has 0 saturated carbocycles. The van der Waals surface area contributed by atoms with E-state index in [1.807, 2.05) is 12.1 Å². The van der Waals surface area contributed by atoms with Crippen molar-refractivity contribution in [1.82, 2.24) is 9.97 Å². The number of benzene rings is 1. The van der Waals surface area contributed by atoms with Crippen molar-refractivity contribution in [3.8, 4) is 11.8 Å². The first-order valence-corrected chi connectivity index (χ1v) is 8.77. The third-order valence-corrected chi connectivity index (χ3v) is 4.81. The molecule has 0 spiro atoms. The van der Waals surface area contributed by atoms with E-state index in [0.717, 1.165) is 10.9 Å². The molecule has 0 atom stereocenters. The molecule has 2 heterocycles. The Bertz CT molecular complexity index is 920. The smallest absolute Gasteiger partial charge is 0.236 e. The fourth-order valence-electron chi connectivity index (χ4n) is 2.02. The molecular weight excluding hydrogens is 344 g/mol. The van der Waals surface area contributed by atoms with Crippen molar-refractivity contribution < 1.29 is 9.53 Å². The van der Waals surface area contributed by atoms with Crippen LogP contribution < -0.4 is 10.1 Å². The number of carbonyl (C=O) groups excluding carboxylic acids is 1. The van der Waals surface area contributed by atoms with Crippen molar-refractivity contribution in [3.63, 3.8) is 0 Å². The molecule has 0 fully saturated rings. The van der Waals surface area contributed by atoms with E-state index in [1.54, 1.807) is 30.8 Å². The molecule has 3 aromatic rings. The minimum absolute atomic E-state index is 0.150. The van der Waals surface area contributed by atoms with Gasteiger partial charge in [-0.3, -0.25) is 4.79 Å². The number of methoxy groups -OCH3 is 1. The third-order valence-electron chi connectivity index (χ3n) is 3.13. The van der Waals surface area contributed by atoms with Gasteiger partial charge in [0.2, 0.25) is 5.91 Å². The molecule has 1 amide bonds. The fourth-order valence-corrected chi connectivity index (χ4v) is 3.33. The van der Waals surface area contributed by atoms with Crippen LogP contribution in [0, 0.1) is 11.3 Å². The molecule has 24 heavy (non-hydrogen) atoms. The number of ether oxygens (including phenoxy) is 1. The quantitative estimate of drug-likeness (QED) is 0.706. The average Bonchev–Trinajstić information content (AvgIpc) is 3.11. The third kappa shape index (κ3) is 3.64. The fraction of sp³-hybridized carbons (Fsp3) is 0.125. The number of nitrogens with one attached hydrogen (secondary N) is 1. The number of anilines is 1. The zero-order valence-corrected chi connectivity index (χ0v) is 14.3. The number of nitrogens with zero attached hydrogens (tertiary/aromatic N) is 3. The highest BCUT2D eigenvalue weighted by molar-refractivity contribution is 8.00. The van der Waals surface area contributed by atoms with Gasteiger partial charge in [0.15, 0.2) is 5.13 Å². The van der Waals surface area contributed by atoms with Crippen molar-refractivity contribution in [2.75, 3.05) is 18.2 Å². The molecule has 8 heteroatoms. The van der Waals surface area contributed by atoms with E-state index in [0.29, 0.717) is 21.5 Å². The summed E-state index contributed by atoms with van der Waals surface area (Å²) in [5.41, 5.74) is 1.16. The second-order valence-corrected chi connectivity index (χ2v) is 6.54. The van der Waals surface area contributed by atoms with Gasteiger partial charge in [-0.2, -0.15) is 5.26 Å². The lowest BCUT2D eigenvalue weighted by molar-refractivity contribution is -0.113. The van der Waals surface area contributed by atoms with E-state index in [1.165, 1.54) is 23.1 Å². The predicted octanol–water partition coefficient (Wildman–Crippen LogP) is 3.30. The van der Waals surface area contributed by atoms with E-state index < -0.39 is 0 Å². The van der Waals surface area contributed by atoms with Crippen LogP contribution in [0.15, 0.2) is 40.9 Å². The second-order valence-electron chi connectivity index (χ2n) is 4.69. The molecule has 3 rings (SSSR count). The van der Waals surface area contributed by atoms with Crippen molar-refractivity contribution in [2.24, 2.45) is 0 Å². The summed E-state index contributed by atoms with van der Waals surface area (Å²) in [6.07, 6.45) is 1.62. The molecule has 0 radical (unpaired) electrons. The molecular formula is C16H12N4O2S2. The van der Waals surface area contributed by atoms with Gasteiger partial charge in [0.25, 0.3) is 0 Å². The first-order valence-electron chi connectivity index (χ1n) is 6.90. The maximum absolute atomic E-state index is 12.0. The molecule has 0 aliphatic rings. The number of thiazole rings is 1. The lowest BCUT2D eigenvalue weighted by atomic mass is 10.1. The summed E-state index contributed by atoms with van der Waals surface area (Å²) in [6, 6.07) is 9.37. The molecule has 1 aromatic carbocycles. The maximum Gasteiger partial charge on any atom is 0.236 e. The molecule has 1 N–H and O–H groups in total. The van der Waals surface area contributed by atoms with Crippen LogP contribution in [0.5, 0.6) is 5.75 Å². The number of hydrogen-bond acceptors (Lipinski definition) is 7. The SMILES string of the molecule is COc1ccc2cc(C#N)c(SCC(=O)Nc3nccs3)nc2c1. The Morgan fingerprint density at radius 1 is 1.46 bits per heavy atom. The highest BCUT2D eigenvalue weighted by atomic mass is 32.2. The zero-order valence-electron chi connectivity index (χ0n) is 12.6. The van der Waals surface area contributed by atoms with E-state index in [2.05, 4.69) is 21.4 Å². The van der Waals surface area contributed by atoms with Crippen LogP contribution in [0.4, 0.5) is 5.13 Å². The Labute approximate surface area is 146 Å². The van der Waals surface area contributed by atoms with E-state index in [4.69, 9.17) is 4.74 Å². The lowest BCUT2D eigenvalue weighted by Crippen LogP contribution is -2.14. The minimum atomic E-state index is -0.189. The summed E-state index contributed by atoms with van der Waals surface area (Å²) in [5, 5.41) is 15.7. The highest BCUT2D eigenvalue weighted by Crippen LogP contribution is 2.27. The van der Waals surface area contributed by atoms with Gasteiger partial charge in [-0.1, -0.05) is 11.8 Å². The van der Waals surface area contributed by atoms with Crippen LogP contribution >= 0.6 is 23.1 Å². The van der Waals surface area contributed by atoms with Crippen LogP contribution in [0.3, 0.4) is 0 Å². The maximum atomic E-state index is 12.0. The summed E-state index contributed by atoms with van der Waals surface area (Å²) in [6.45, 7) is 0. The van der Waals surface area contributed by atoms with Crippen LogP contribution in [0.1, 0.15) is 5.56 Å². The summed E-state index contributed by atoms with van der Waals surface area (Å²) in [7, 11) is 1.59. The standard InChI is InChI=1S/C16H12N4O2S2/c1-22-12-3-2-10-6-11(8-17)15(19-13(10)7-12)24-9-14(21)20-16-18-4-5-23-16/h2-7H,9H2,1H3,(H,18,20,21).